The lowest BCUT2D eigenvalue weighted by Gasteiger charge is -2.39. The number of aryl methyl sites for hydroxylation is 2. The Morgan fingerprint density at radius 1 is 1.07 bits per heavy atom. The Hall–Kier alpha value is -2.01. The van der Waals surface area contributed by atoms with Gasteiger partial charge in [0.25, 0.3) is 0 Å². The zero-order valence-corrected chi connectivity index (χ0v) is 17.9. The van der Waals surface area contributed by atoms with E-state index in [-0.39, 0.29) is 16.7 Å². The second-order valence-corrected chi connectivity index (χ2v) is 9.31. The van der Waals surface area contributed by atoms with Crippen molar-refractivity contribution in [1.82, 2.24) is 15.3 Å². The Bertz CT molecular complexity index is 968. The number of rotatable bonds is 5. The van der Waals surface area contributed by atoms with Crippen molar-refractivity contribution in [2.24, 2.45) is 5.41 Å². The number of ether oxygens (including phenoxy) is 1. The van der Waals surface area contributed by atoms with Gasteiger partial charge in [-0.25, -0.2) is 9.97 Å². The number of hydrogen-bond acceptors (Lipinski definition) is 4. The predicted molar refractivity (Wildman–Crippen MR) is 111 cm³/mol. The minimum Gasteiger partial charge on any atom is -0.385 e. The molecule has 2 bridgehead atoms. The fraction of sp³-hybridized carbons (Fsp3) is 0.609. The number of carbonyl (C=O) groups is 1. The van der Waals surface area contributed by atoms with E-state index in [2.05, 4.69) is 52.1 Å². The molecule has 1 aromatic heterocycles. The summed E-state index contributed by atoms with van der Waals surface area (Å²) in [7, 11) is 1.68. The summed E-state index contributed by atoms with van der Waals surface area (Å²) in [5.74, 6) is 0.0913. The minimum absolute atomic E-state index is 0.0913. The third-order valence-corrected chi connectivity index (χ3v) is 7.85. The van der Waals surface area contributed by atoms with Crippen LogP contribution in [-0.2, 0) is 20.4 Å². The Morgan fingerprint density at radius 3 is 2.29 bits per heavy atom. The van der Waals surface area contributed by atoms with Crippen LogP contribution in [0.5, 0.6) is 0 Å². The molecule has 0 radical (unpaired) electrons. The fourth-order valence-electron chi connectivity index (χ4n) is 5.43. The molecule has 0 aliphatic heterocycles. The van der Waals surface area contributed by atoms with Crippen LogP contribution in [0.2, 0.25) is 0 Å². The van der Waals surface area contributed by atoms with Crippen molar-refractivity contribution in [3.63, 3.8) is 0 Å². The van der Waals surface area contributed by atoms with Crippen molar-refractivity contribution >= 4 is 16.9 Å². The smallest absolute Gasteiger partial charge is 0.232 e. The largest absolute Gasteiger partial charge is 0.385 e. The van der Waals surface area contributed by atoms with Crippen molar-refractivity contribution in [2.45, 2.75) is 64.7 Å². The molecule has 1 saturated carbocycles. The number of methoxy groups -OCH3 is 1. The highest BCUT2D eigenvalue weighted by atomic mass is 16.5. The number of carbonyl (C=O) groups excluding carboxylic acids is 1. The van der Waals surface area contributed by atoms with Crippen LogP contribution in [-0.4, -0.2) is 36.1 Å². The van der Waals surface area contributed by atoms with Crippen LogP contribution >= 0.6 is 0 Å². The zero-order chi connectivity index (χ0) is 20.3. The monoisotopic (exact) mass is 381 g/mol. The lowest BCUT2D eigenvalue weighted by molar-refractivity contribution is -0.130. The summed E-state index contributed by atoms with van der Waals surface area (Å²) in [6.07, 6.45) is 2.60. The zero-order valence-electron chi connectivity index (χ0n) is 17.9. The molecule has 5 nitrogen and oxygen atoms in total. The molecular weight excluding hydrogens is 350 g/mol. The molecule has 28 heavy (non-hydrogen) atoms. The molecule has 1 N–H and O–H groups in total. The van der Waals surface area contributed by atoms with Gasteiger partial charge >= 0.3 is 0 Å². The first-order valence-corrected chi connectivity index (χ1v) is 10.3. The van der Waals surface area contributed by atoms with Gasteiger partial charge in [0.2, 0.25) is 5.91 Å². The van der Waals surface area contributed by atoms with Crippen molar-refractivity contribution in [3.8, 4) is 0 Å². The first kappa shape index (κ1) is 19.3. The molecular formula is C23H31N3O2. The maximum absolute atomic E-state index is 13.5. The minimum atomic E-state index is -0.621. The molecule has 1 amide bonds. The van der Waals surface area contributed by atoms with Gasteiger partial charge in [0, 0.05) is 25.7 Å². The summed E-state index contributed by atoms with van der Waals surface area (Å²) in [6.45, 7) is 12.2. The molecule has 2 aliphatic carbocycles. The molecule has 5 heteroatoms. The first-order valence-electron chi connectivity index (χ1n) is 10.3. The molecule has 1 heterocycles. The van der Waals surface area contributed by atoms with Crippen LogP contribution in [0.25, 0.3) is 11.0 Å². The highest BCUT2D eigenvalue weighted by Crippen LogP contribution is 2.70. The van der Waals surface area contributed by atoms with Gasteiger partial charge in [0.05, 0.1) is 27.8 Å². The highest BCUT2D eigenvalue weighted by Gasteiger charge is 2.73. The van der Waals surface area contributed by atoms with Crippen molar-refractivity contribution in [2.75, 3.05) is 20.3 Å². The lowest BCUT2D eigenvalue weighted by atomic mass is 9.63. The number of amides is 1. The van der Waals surface area contributed by atoms with E-state index in [4.69, 9.17) is 14.7 Å². The van der Waals surface area contributed by atoms with Crippen LogP contribution in [0, 0.1) is 19.3 Å². The van der Waals surface area contributed by atoms with E-state index in [1.807, 2.05) is 0 Å². The highest BCUT2D eigenvalue weighted by molar-refractivity contribution is 5.93. The maximum Gasteiger partial charge on any atom is 0.232 e. The van der Waals surface area contributed by atoms with E-state index in [1.165, 1.54) is 11.1 Å². The fourth-order valence-corrected chi connectivity index (χ4v) is 5.43. The third kappa shape index (κ3) is 2.25. The molecule has 2 atom stereocenters. The maximum atomic E-state index is 13.5. The van der Waals surface area contributed by atoms with Gasteiger partial charge in [-0.15, -0.1) is 0 Å². The van der Waals surface area contributed by atoms with Crippen LogP contribution in [0.15, 0.2) is 12.1 Å². The van der Waals surface area contributed by atoms with Gasteiger partial charge in [0.15, 0.2) is 0 Å². The van der Waals surface area contributed by atoms with E-state index in [0.29, 0.717) is 13.2 Å². The summed E-state index contributed by atoms with van der Waals surface area (Å²) in [6, 6.07) is 4.22. The molecule has 0 saturated heterocycles. The molecule has 2 unspecified atom stereocenters. The summed E-state index contributed by atoms with van der Waals surface area (Å²) in [4.78, 5) is 23.7. The van der Waals surface area contributed by atoms with E-state index >= 15 is 0 Å². The number of nitrogens with one attached hydrogen (secondary N) is 1. The number of nitrogens with zero attached hydrogens (tertiary/aromatic N) is 2. The average Bonchev–Trinajstić information content (AvgIpc) is 2.94. The summed E-state index contributed by atoms with van der Waals surface area (Å²) in [5, 5.41) is 3.17. The number of benzene rings is 1. The van der Waals surface area contributed by atoms with E-state index in [0.717, 1.165) is 41.7 Å². The van der Waals surface area contributed by atoms with Crippen LogP contribution < -0.4 is 5.32 Å². The SMILES string of the molecule is COCCCNC(=O)C12CCC(C)(c3nc4cc(C)c(C)cc4nc31)C2(C)C. The topological polar surface area (TPSA) is 64.1 Å². The number of fused-ring (bicyclic) bond motifs is 6. The Balaban J connectivity index is 1.85. The number of hydrogen-bond donors (Lipinski definition) is 1. The summed E-state index contributed by atoms with van der Waals surface area (Å²) in [5.41, 5.74) is 5.15. The standard InChI is InChI=1S/C23H31N3O2/c1-14-12-16-17(13-15(14)2)26-19-18(25-16)22(5)8-9-23(19,21(22,3)4)20(27)24-10-7-11-28-6/h12-13H,7-11H2,1-6H3,(H,24,27). The average molecular weight is 382 g/mol. The second-order valence-electron chi connectivity index (χ2n) is 9.31. The van der Waals surface area contributed by atoms with Gasteiger partial charge in [-0.3, -0.25) is 4.79 Å². The summed E-state index contributed by atoms with van der Waals surface area (Å²) >= 11 is 0. The van der Waals surface area contributed by atoms with Crippen LogP contribution in [0.4, 0.5) is 0 Å². The molecule has 0 spiro atoms. The Labute approximate surface area is 167 Å². The quantitative estimate of drug-likeness (QED) is 0.802. The number of aromatic nitrogens is 2. The van der Waals surface area contributed by atoms with Crippen LogP contribution in [0.3, 0.4) is 0 Å². The van der Waals surface area contributed by atoms with E-state index < -0.39 is 5.41 Å². The normalized spacial score (nSPS) is 27.2. The third-order valence-electron chi connectivity index (χ3n) is 7.85. The van der Waals surface area contributed by atoms with E-state index in [1.54, 1.807) is 7.11 Å². The predicted octanol–water partition coefficient (Wildman–Crippen LogP) is 3.73. The first-order chi connectivity index (χ1) is 13.2. The van der Waals surface area contributed by atoms with Crippen molar-refractivity contribution in [1.29, 1.82) is 0 Å². The lowest BCUT2D eigenvalue weighted by Crippen LogP contribution is -2.51. The molecule has 2 aliphatic rings. The molecule has 150 valence electrons. The molecule has 1 fully saturated rings. The van der Waals surface area contributed by atoms with E-state index in [9.17, 15) is 4.79 Å². The molecule has 4 rings (SSSR count). The van der Waals surface area contributed by atoms with Crippen molar-refractivity contribution in [3.05, 3.63) is 34.6 Å². The molecule has 2 aromatic rings. The van der Waals surface area contributed by atoms with Crippen LogP contribution in [0.1, 0.15) is 62.5 Å². The Kier molecular flexibility index (Phi) is 4.31. The second kappa shape index (κ2) is 6.24. The Morgan fingerprint density at radius 2 is 1.68 bits per heavy atom. The van der Waals surface area contributed by atoms with Gasteiger partial charge in [-0.05, 0) is 61.8 Å². The van der Waals surface area contributed by atoms with Gasteiger partial charge in [-0.1, -0.05) is 20.8 Å². The van der Waals surface area contributed by atoms with Crippen molar-refractivity contribution < 1.29 is 9.53 Å². The summed E-state index contributed by atoms with van der Waals surface area (Å²) < 4.78 is 5.12. The van der Waals surface area contributed by atoms with Gasteiger partial charge < -0.3 is 10.1 Å². The van der Waals surface area contributed by atoms with Gasteiger partial charge in [-0.2, -0.15) is 0 Å². The van der Waals surface area contributed by atoms with Gasteiger partial charge in [0.1, 0.15) is 0 Å². The molecule has 1 aromatic carbocycles.